The van der Waals surface area contributed by atoms with Gasteiger partial charge in [-0.3, -0.25) is 0 Å². The number of carbonyl (C=O) groups excluding carboxylic acids is 1. The highest BCUT2D eigenvalue weighted by molar-refractivity contribution is 8.22. The van der Waals surface area contributed by atoms with Gasteiger partial charge in [0.05, 0.1) is 24.3 Å². The zero-order valence-electron chi connectivity index (χ0n) is 20.2. The Labute approximate surface area is 217 Å². The number of carbonyl (C=O) groups is 2. The van der Waals surface area contributed by atoms with Gasteiger partial charge in [-0.15, -0.1) is 0 Å². The molecule has 2 aromatic rings. The van der Waals surface area contributed by atoms with Crippen molar-refractivity contribution in [3.05, 3.63) is 59.7 Å². The number of thiocarbonyl (C=S) groups is 1. The van der Waals surface area contributed by atoms with Gasteiger partial charge in [-0.05, 0) is 80.5 Å². The van der Waals surface area contributed by atoms with E-state index < -0.39 is 11.9 Å². The largest absolute Gasteiger partial charge is 0.494 e. The van der Waals surface area contributed by atoms with Crippen LogP contribution in [-0.2, 0) is 4.74 Å². The zero-order valence-corrected chi connectivity index (χ0v) is 21.8. The molecule has 0 aliphatic heterocycles. The van der Waals surface area contributed by atoms with Crippen LogP contribution in [0.2, 0.25) is 0 Å². The van der Waals surface area contributed by atoms with Gasteiger partial charge in [0.25, 0.3) is 0 Å². The lowest BCUT2D eigenvalue weighted by Gasteiger charge is -2.08. The van der Waals surface area contributed by atoms with Gasteiger partial charge >= 0.3 is 11.9 Å². The van der Waals surface area contributed by atoms with Gasteiger partial charge < -0.3 is 19.3 Å². The number of rotatable bonds is 16. The Hall–Kier alpha value is -2.58. The quantitative estimate of drug-likeness (QED) is 0.108. The Bertz CT molecular complexity index is 912. The maximum atomic E-state index is 12.3. The fraction of sp³-hybridized carbons (Fsp3) is 0.444. The van der Waals surface area contributed by atoms with Crippen molar-refractivity contribution >= 4 is 40.3 Å². The number of ether oxygens (including phenoxy) is 3. The molecule has 0 amide bonds. The molecule has 35 heavy (non-hydrogen) atoms. The number of esters is 1. The second-order valence-corrected chi connectivity index (χ2v) is 9.65. The molecule has 190 valence electrons. The third kappa shape index (κ3) is 12.1. The van der Waals surface area contributed by atoms with Crippen molar-refractivity contribution in [3.63, 3.8) is 0 Å². The van der Waals surface area contributed by atoms with Crippen LogP contribution in [0, 0.1) is 0 Å². The van der Waals surface area contributed by atoms with Crippen molar-refractivity contribution < 1.29 is 28.9 Å². The van der Waals surface area contributed by atoms with Crippen LogP contribution in [0.4, 0.5) is 0 Å². The average molecular weight is 519 g/mol. The summed E-state index contributed by atoms with van der Waals surface area (Å²) < 4.78 is 17.0. The first-order valence-corrected chi connectivity index (χ1v) is 13.5. The first kappa shape index (κ1) is 28.7. The van der Waals surface area contributed by atoms with E-state index in [1.807, 2.05) is 6.92 Å². The van der Waals surface area contributed by atoms with E-state index in [1.165, 1.54) is 62.8 Å². The smallest absolute Gasteiger partial charge is 0.343 e. The first-order valence-electron chi connectivity index (χ1n) is 12.1. The molecule has 0 aliphatic rings. The number of hydrogen-bond donors (Lipinski definition) is 1. The van der Waals surface area contributed by atoms with Gasteiger partial charge in [-0.2, -0.15) is 0 Å². The van der Waals surface area contributed by atoms with Gasteiger partial charge in [0, 0.05) is 5.75 Å². The predicted octanol–water partition coefficient (Wildman–Crippen LogP) is 7.16. The van der Waals surface area contributed by atoms with Crippen molar-refractivity contribution in [2.45, 2.75) is 58.3 Å². The van der Waals surface area contributed by atoms with Gasteiger partial charge in [-0.25, -0.2) is 9.59 Å². The lowest BCUT2D eigenvalue weighted by Crippen LogP contribution is -2.08. The summed E-state index contributed by atoms with van der Waals surface area (Å²) in [7, 11) is 0. The number of benzene rings is 2. The molecule has 0 saturated heterocycles. The molecule has 1 N–H and O–H groups in total. The maximum absolute atomic E-state index is 12.3. The molecule has 0 heterocycles. The second-order valence-electron chi connectivity index (χ2n) is 7.95. The number of thioether (sulfide) groups is 1. The Balaban J connectivity index is 1.51. The van der Waals surface area contributed by atoms with Gasteiger partial charge in [-0.1, -0.05) is 50.3 Å². The molecule has 0 atom stereocenters. The minimum absolute atomic E-state index is 0.135. The van der Waals surface area contributed by atoms with E-state index in [0.717, 1.165) is 18.6 Å². The van der Waals surface area contributed by atoms with E-state index in [1.54, 1.807) is 36.0 Å². The molecule has 0 spiro atoms. The Morgan fingerprint density at radius 1 is 0.800 bits per heavy atom. The van der Waals surface area contributed by atoms with Gasteiger partial charge in [0.1, 0.15) is 11.5 Å². The molecular weight excluding hydrogens is 484 g/mol. The van der Waals surface area contributed by atoms with Crippen LogP contribution >= 0.6 is 24.0 Å². The summed E-state index contributed by atoms with van der Waals surface area (Å²) in [4.78, 5) is 23.1. The van der Waals surface area contributed by atoms with Crippen LogP contribution in [0.3, 0.4) is 0 Å². The summed E-state index contributed by atoms with van der Waals surface area (Å²) in [5, 5.41) is 8.92. The summed E-state index contributed by atoms with van der Waals surface area (Å²) in [5.41, 5.74) is 0.534. The minimum Gasteiger partial charge on any atom is -0.494 e. The molecule has 0 radical (unpaired) electrons. The van der Waals surface area contributed by atoms with Gasteiger partial charge in [0.15, 0.2) is 0 Å². The minimum atomic E-state index is -1.03. The number of carboxylic acids is 1. The SMILES string of the molecule is CCOC(=S)SCCCCCCCCCCOc1ccc(C(=O)Oc2ccc(C(=O)O)cc2)cc1. The molecule has 0 aromatic heterocycles. The first-order chi connectivity index (χ1) is 17.0. The monoisotopic (exact) mass is 518 g/mol. The fourth-order valence-corrected chi connectivity index (χ4v) is 4.37. The summed E-state index contributed by atoms with van der Waals surface area (Å²) >= 11 is 6.74. The normalized spacial score (nSPS) is 10.5. The second kappa shape index (κ2) is 16.9. The number of aromatic carboxylic acids is 1. The Morgan fingerprint density at radius 3 is 1.94 bits per heavy atom. The fourth-order valence-electron chi connectivity index (χ4n) is 3.29. The van der Waals surface area contributed by atoms with Crippen LogP contribution in [-0.4, -0.2) is 40.4 Å². The molecule has 6 nitrogen and oxygen atoms in total. The highest BCUT2D eigenvalue weighted by Crippen LogP contribution is 2.18. The van der Waals surface area contributed by atoms with Crippen molar-refractivity contribution in [3.8, 4) is 11.5 Å². The summed E-state index contributed by atoms with van der Waals surface area (Å²) in [6.45, 7) is 3.25. The van der Waals surface area contributed by atoms with Crippen molar-refractivity contribution in [1.82, 2.24) is 0 Å². The van der Waals surface area contributed by atoms with Crippen molar-refractivity contribution in [2.75, 3.05) is 19.0 Å². The molecule has 0 bridgehead atoms. The van der Waals surface area contributed by atoms with Crippen molar-refractivity contribution in [2.24, 2.45) is 0 Å². The maximum Gasteiger partial charge on any atom is 0.343 e. The Morgan fingerprint density at radius 2 is 1.34 bits per heavy atom. The third-order valence-corrected chi connectivity index (χ3v) is 6.51. The predicted molar refractivity (Wildman–Crippen MR) is 144 cm³/mol. The molecular formula is C27H34O6S2. The van der Waals surface area contributed by atoms with E-state index >= 15 is 0 Å². The number of carboxylic acid groups (broad SMARTS) is 1. The number of hydrogen-bond acceptors (Lipinski definition) is 7. The lowest BCUT2D eigenvalue weighted by molar-refractivity contribution is 0.0696. The highest BCUT2D eigenvalue weighted by Gasteiger charge is 2.10. The number of unbranched alkanes of at least 4 members (excludes halogenated alkanes) is 7. The molecule has 0 aliphatic carbocycles. The van der Waals surface area contributed by atoms with Crippen LogP contribution in [0.1, 0.15) is 79.0 Å². The van der Waals surface area contributed by atoms with Crippen LogP contribution in [0.5, 0.6) is 11.5 Å². The Kier molecular flexibility index (Phi) is 13.9. The van der Waals surface area contributed by atoms with Crippen LogP contribution in [0.15, 0.2) is 48.5 Å². The summed E-state index contributed by atoms with van der Waals surface area (Å²) in [6, 6.07) is 12.5. The summed E-state index contributed by atoms with van der Waals surface area (Å²) in [6.07, 6.45) is 9.56. The van der Waals surface area contributed by atoms with Crippen LogP contribution in [0.25, 0.3) is 0 Å². The standard InChI is InChI=1S/C27H34O6S2/c1-2-31-27(34)35-20-10-8-6-4-3-5-7-9-19-32-23-15-13-22(14-16-23)26(30)33-24-17-11-21(12-18-24)25(28)29/h11-18H,2-10,19-20H2,1H3,(H,28,29). The molecule has 2 rings (SSSR count). The molecule has 8 heteroatoms. The van der Waals surface area contributed by atoms with Crippen LogP contribution < -0.4 is 9.47 Å². The third-order valence-electron chi connectivity index (χ3n) is 5.19. The zero-order chi connectivity index (χ0) is 25.3. The van der Waals surface area contributed by atoms with E-state index in [9.17, 15) is 9.59 Å². The molecule has 2 aromatic carbocycles. The van der Waals surface area contributed by atoms with E-state index in [4.69, 9.17) is 31.5 Å². The van der Waals surface area contributed by atoms with E-state index in [0.29, 0.717) is 34.7 Å². The molecule has 0 saturated carbocycles. The molecule has 0 fully saturated rings. The van der Waals surface area contributed by atoms with E-state index in [-0.39, 0.29) is 5.56 Å². The van der Waals surface area contributed by atoms with Crippen molar-refractivity contribution in [1.29, 1.82) is 0 Å². The lowest BCUT2D eigenvalue weighted by atomic mass is 10.1. The highest BCUT2D eigenvalue weighted by atomic mass is 32.2. The van der Waals surface area contributed by atoms with Gasteiger partial charge in [0.2, 0.25) is 4.38 Å². The van der Waals surface area contributed by atoms with E-state index in [2.05, 4.69) is 0 Å². The topological polar surface area (TPSA) is 82.1 Å². The summed E-state index contributed by atoms with van der Waals surface area (Å²) in [5.74, 6) is 0.517. The average Bonchev–Trinajstić information content (AvgIpc) is 2.85. The molecule has 0 unspecified atom stereocenters.